The van der Waals surface area contributed by atoms with Crippen LogP contribution in [-0.4, -0.2) is 28.3 Å². The van der Waals surface area contributed by atoms with Crippen LogP contribution >= 0.6 is 11.8 Å². The van der Waals surface area contributed by atoms with E-state index in [-0.39, 0.29) is 17.3 Å². The molecule has 0 unspecified atom stereocenters. The third-order valence-electron chi connectivity index (χ3n) is 3.13. The Bertz CT molecular complexity index is 686. The number of carbonyl (C=O) groups is 1. The summed E-state index contributed by atoms with van der Waals surface area (Å²) in [6, 6.07) is 10.9. The molecule has 5 nitrogen and oxygen atoms in total. The summed E-state index contributed by atoms with van der Waals surface area (Å²) in [6.07, 6.45) is 3.02. The fourth-order valence-corrected chi connectivity index (χ4v) is 2.64. The molecule has 0 radical (unpaired) electrons. The summed E-state index contributed by atoms with van der Waals surface area (Å²) < 4.78 is 5.13. The summed E-state index contributed by atoms with van der Waals surface area (Å²) in [5.41, 5.74) is 1.22. The minimum absolute atomic E-state index is 0.132. The molecule has 0 saturated carbocycles. The number of H-pyrrole nitrogens is 1. The van der Waals surface area contributed by atoms with Crippen molar-refractivity contribution in [1.82, 2.24) is 9.97 Å². The molecular weight excluding hydrogens is 312 g/mol. The molecule has 2 aromatic rings. The normalized spacial score (nSPS) is 10.5. The molecule has 0 bridgehead atoms. The number of aromatic nitrogens is 2. The Morgan fingerprint density at radius 1 is 1.26 bits per heavy atom. The Labute approximate surface area is 139 Å². The average molecular weight is 332 g/mol. The van der Waals surface area contributed by atoms with Crippen LogP contribution in [0.5, 0.6) is 0 Å². The third-order valence-corrected chi connectivity index (χ3v) is 3.97. The first-order valence-corrected chi connectivity index (χ1v) is 8.63. The monoisotopic (exact) mass is 332 g/mol. The maximum absolute atomic E-state index is 11.7. The van der Waals surface area contributed by atoms with Crippen molar-refractivity contribution < 1.29 is 9.53 Å². The molecule has 0 saturated heterocycles. The van der Waals surface area contributed by atoms with E-state index in [1.807, 2.05) is 30.3 Å². The molecule has 0 spiro atoms. The van der Waals surface area contributed by atoms with Crippen molar-refractivity contribution in [3.05, 3.63) is 46.8 Å². The van der Waals surface area contributed by atoms with Gasteiger partial charge in [0.2, 0.25) is 0 Å². The summed E-state index contributed by atoms with van der Waals surface area (Å²) in [6.45, 7) is 2.54. The average Bonchev–Trinajstić information content (AvgIpc) is 2.57. The van der Waals surface area contributed by atoms with Gasteiger partial charge in [-0.2, -0.15) is 0 Å². The number of benzene rings is 1. The number of hydrogen-bond donors (Lipinski definition) is 1. The first-order chi connectivity index (χ1) is 11.2. The molecule has 2 rings (SSSR count). The lowest BCUT2D eigenvalue weighted by atomic mass is 10.1. The fourth-order valence-electron chi connectivity index (χ4n) is 1.97. The summed E-state index contributed by atoms with van der Waals surface area (Å²) in [5, 5.41) is 0.418. The van der Waals surface area contributed by atoms with Gasteiger partial charge in [-0.05, 0) is 6.42 Å². The van der Waals surface area contributed by atoms with Crippen LogP contribution in [0.2, 0.25) is 0 Å². The summed E-state index contributed by atoms with van der Waals surface area (Å²) >= 11 is 1.17. The van der Waals surface area contributed by atoms with Gasteiger partial charge >= 0.3 is 5.97 Å². The Morgan fingerprint density at radius 2 is 2.04 bits per heavy atom. The van der Waals surface area contributed by atoms with Crippen molar-refractivity contribution in [1.29, 1.82) is 0 Å². The lowest BCUT2D eigenvalue weighted by molar-refractivity contribution is -0.140. The number of carbonyl (C=O) groups excluding carboxylic acids is 1. The van der Waals surface area contributed by atoms with Crippen molar-refractivity contribution >= 4 is 17.7 Å². The molecule has 6 heteroatoms. The largest absolute Gasteiger partial charge is 0.465 e. The number of unbranched alkanes of at least 4 members (excludes halogenated alkanes) is 2. The molecule has 0 amide bonds. The second kappa shape index (κ2) is 9.15. The van der Waals surface area contributed by atoms with Crippen molar-refractivity contribution in [2.24, 2.45) is 0 Å². The molecule has 0 aliphatic rings. The van der Waals surface area contributed by atoms with Crippen LogP contribution in [0, 0.1) is 0 Å². The minimum atomic E-state index is -0.293. The van der Waals surface area contributed by atoms with Crippen LogP contribution in [0.3, 0.4) is 0 Å². The minimum Gasteiger partial charge on any atom is -0.465 e. The lowest BCUT2D eigenvalue weighted by Crippen LogP contribution is -2.11. The highest BCUT2D eigenvalue weighted by Gasteiger charge is 2.08. The fraction of sp³-hybridized carbons (Fsp3) is 0.353. The molecule has 1 aromatic heterocycles. The number of nitrogens with zero attached hydrogens (tertiary/aromatic N) is 1. The van der Waals surface area contributed by atoms with Gasteiger partial charge in [-0.15, -0.1) is 0 Å². The number of hydrogen-bond acceptors (Lipinski definition) is 5. The van der Waals surface area contributed by atoms with E-state index >= 15 is 0 Å². The van der Waals surface area contributed by atoms with E-state index in [1.54, 1.807) is 0 Å². The number of nitrogens with one attached hydrogen (secondary N) is 1. The quantitative estimate of drug-likeness (QED) is 0.348. The van der Waals surface area contributed by atoms with Crippen LogP contribution in [0.15, 0.2) is 46.3 Å². The Kier molecular flexibility index (Phi) is 6.87. The predicted octanol–water partition coefficient (Wildman–Crippen LogP) is 3.26. The van der Waals surface area contributed by atoms with Gasteiger partial charge < -0.3 is 9.72 Å². The molecule has 23 heavy (non-hydrogen) atoms. The van der Waals surface area contributed by atoms with Gasteiger partial charge in [0.1, 0.15) is 0 Å². The van der Waals surface area contributed by atoms with Gasteiger partial charge in [0.15, 0.2) is 5.16 Å². The first-order valence-electron chi connectivity index (χ1n) is 7.64. The second-order valence-electron chi connectivity index (χ2n) is 5.02. The summed E-state index contributed by atoms with van der Waals surface area (Å²) in [4.78, 5) is 30.4. The maximum Gasteiger partial charge on any atom is 0.316 e. The van der Waals surface area contributed by atoms with E-state index in [0.717, 1.165) is 24.8 Å². The first kappa shape index (κ1) is 17.3. The maximum atomic E-state index is 11.7. The van der Waals surface area contributed by atoms with E-state index < -0.39 is 0 Å². The molecule has 0 aliphatic heterocycles. The van der Waals surface area contributed by atoms with Gasteiger partial charge in [-0.1, -0.05) is 61.9 Å². The molecule has 122 valence electrons. The van der Waals surface area contributed by atoms with E-state index in [4.69, 9.17) is 4.74 Å². The molecule has 0 aliphatic carbocycles. The third kappa shape index (κ3) is 5.90. The zero-order chi connectivity index (χ0) is 16.5. The molecule has 0 atom stereocenters. The number of aromatic amines is 1. The zero-order valence-electron chi connectivity index (χ0n) is 13.1. The van der Waals surface area contributed by atoms with Gasteiger partial charge in [0.05, 0.1) is 18.1 Å². The standard InChI is InChI=1S/C17H20N2O3S/c1-2-3-7-10-22-16(21)12-23-17-18-14(11-15(20)19-17)13-8-5-4-6-9-13/h4-6,8-9,11H,2-3,7,10,12H2,1H3,(H,18,19,20). The zero-order valence-corrected chi connectivity index (χ0v) is 13.9. The molecule has 0 fully saturated rings. The molecule has 1 aromatic carbocycles. The Balaban J connectivity index is 1.94. The highest BCUT2D eigenvalue weighted by atomic mass is 32.2. The van der Waals surface area contributed by atoms with E-state index in [0.29, 0.717) is 17.5 Å². The summed E-state index contributed by atoms with van der Waals surface area (Å²) in [5.74, 6) is -0.160. The highest BCUT2D eigenvalue weighted by molar-refractivity contribution is 7.99. The topological polar surface area (TPSA) is 72.0 Å². The second-order valence-corrected chi connectivity index (χ2v) is 5.98. The molecule has 1 N–H and O–H groups in total. The number of ether oxygens (including phenoxy) is 1. The van der Waals surface area contributed by atoms with Crippen LogP contribution in [0.25, 0.3) is 11.3 Å². The lowest BCUT2D eigenvalue weighted by Gasteiger charge is -2.05. The van der Waals surface area contributed by atoms with Crippen molar-refractivity contribution in [3.8, 4) is 11.3 Å². The molecular formula is C17H20N2O3S. The van der Waals surface area contributed by atoms with Gasteiger partial charge in [0.25, 0.3) is 5.56 Å². The van der Waals surface area contributed by atoms with Crippen molar-refractivity contribution in [2.75, 3.05) is 12.4 Å². The van der Waals surface area contributed by atoms with Crippen LogP contribution in [0.1, 0.15) is 26.2 Å². The van der Waals surface area contributed by atoms with Crippen molar-refractivity contribution in [3.63, 3.8) is 0 Å². The number of esters is 1. The Morgan fingerprint density at radius 3 is 2.78 bits per heavy atom. The Hall–Kier alpha value is -2.08. The van der Waals surface area contributed by atoms with Crippen LogP contribution in [-0.2, 0) is 9.53 Å². The van der Waals surface area contributed by atoms with Gasteiger partial charge in [-0.3, -0.25) is 9.59 Å². The molecule has 1 heterocycles. The van der Waals surface area contributed by atoms with Gasteiger partial charge in [-0.25, -0.2) is 4.98 Å². The van der Waals surface area contributed by atoms with E-state index in [1.165, 1.54) is 17.8 Å². The van der Waals surface area contributed by atoms with E-state index in [2.05, 4.69) is 16.9 Å². The van der Waals surface area contributed by atoms with Gasteiger partial charge in [0, 0.05) is 11.6 Å². The van der Waals surface area contributed by atoms with Crippen LogP contribution < -0.4 is 5.56 Å². The van der Waals surface area contributed by atoms with Crippen LogP contribution in [0.4, 0.5) is 0 Å². The number of rotatable bonds is 8. The number of thioether (sulfide) groups is 1. The predicted molar refractivity (Wildman–Crippen MR) is 91.5 cm³/mol. The van der Waals surface area contributed by atoms with E-state index in [9.17, 15) is 9.59 Å². The smallest absolute Gasteiger partial charge is 0.316 e. The SMILES string of the molecule is CCCCCOC(=O)CSc1nc(-c2ccccc2)cc(=O)[nH]1. The highest BCUT2D eigenvalue weighted by Crippen LogP contribution is 2.18. The summed E-state index contributed by atoms with van der Waals surface area (Å²) in [7, 11) is 0. The van der Waals surface area contributed by atoms with Crippen molar-refractivity contribution in [2.45, 2.75) is 31.3 Å².